The van der Waals surface area contributed by atoms with Crippen molar-refractivity contribution in [2.45, 2.75) is 32.9 Å². The summed E-state index contributed by atoms with van der Waals surface area (Å²) in [5.41, 5.74) is 5.50. The average Bonchev–Trinajstić information content (AvgIpc) is 3.56. The highest BCUT2D eigenvalue weighted by molar-refractivity contribution is 7.14. The normalized spacial score (nSPS) is 22.7. The summed E-state index contributed by atoms with van der Waals surface area (Å²) >= 11 is 1.60. The molecule has 2 bridgehead atoms. The van der Waals surface area contributed by atoms with Gasteiger partial charge in [-0.05, 0) is 55.4 Å². The fourth-order valence-corrected chi connectivity index (χ4v) is 7.26. The number of aliphatic carboxylic acids is 1. The van der Waals surface area contributed by atoms with Gasteiger partial charge in [0.05, 0.1) is 36.5 Å². The zero-order valence-electron chi connectivity index (χ0n) is 22.7. The van der Waals surface area contributed by atoms with E-state index in [9.17, 15) is 15.2 Å². The number of carboxylic acid groups (broad SMARTS) is 1. The highest BCUT2D eigenvalue weighted by atomic mass is 32.1. The largest absolute Gasteiger partial charge is 0.488 e. The Morgan fingerprint density at radius 3 is 2.67 bits per heavy atom. The highest BCUT2D eigenvalue weighted by Gasteiger charge is 2.46. The Balaban J connectivity index is 1.17. The number of rotatable bonds is 8. The summed E-state index contributed by atoms with van der Waals surface area (Å²) in [5.74, 6) is 0.236. The maximum atomic E-state index is 11.7. The first-order valence-corrected chi connectivity index (χ1v) is 14.9. The molecule has 1 N–H and O–H groups in total. The molecule has 0 amide bonds. The molecule has 6 rings (SSSR count). The quantitative estimate of drug-likeness (QED) is 0.415. The molecule has 3 aliphatic rings. The molecule has 40 heavy (non-hydrogen) atoms. The zero-order valence-corrected chi connectivity index (χ0v) is 23.5. The van der Waals surface area contributed by atoms with Crippen LogP contribution in [0.2, 0.25) is 0 Å². The number of hydrogen-bond acceptors (Lipinski definition) is 8. The van der Waals surface area contributed by atoms with E-state index in [0.29, 0.717) is 12.2 Å². The summed E-state index contributed by atoms with van der Waals surface area (Å²) in [6.45, 7) is 7.96. The number of ether oxygens (including phenoxy) is 2. The topological polar surface area (TPSA) is 98.9 Å². The summed E-state index contributed by atoms with van der Waals surface area (Å²) in [5, 5.41) is 22.5. The van der Waals surface area contributed by atoms with E-state index in [4.69, 9.17) is 14.5 Å². The third-order valence-corrected chi connectivity index (χ3v) is 9.38. The van der Waals surface area contributed by atoms with Gasteiger partial charge in [-0.3, -0.25) is 9.69 Å². The lowest BCUT2D eigenvalue weighted by atomic mass is 9.85. The number of benzene rings is 2. The highest BCUT2D eigenvalue weighted by Crippen LogP contribution is 2.44. The van der Waals surface area contributed by atoms with Crippen LogP contribution < -0.4 is 9.64 Å². The summed E-state index contributed by atoms with van der Waals surface area (Å²) in [6.07, 6.45) is 1.95. The fourth-order valence-electron chi connectivity index (χ4n) is 6.41. The number of aryl methyl sites for hydroxylation is 1. The molecule has 8 nitrogen and oxygen atoms in total. The maximum absolute atomic E-state index is 11.7. The van der Waals surface area contributed by atoms with Crippen molar-refractivity contribution in [2.75, 3.05) is 44.3 Å². The number of nitriles is 1. The minimum atomic E-state index is -0.653. The van der Waals surface area contributed by atoms with Gasteiger partial charge in [-0.2, -0.15) is 5.26 Å². The van der Waals surface area contributed by atoms with Crippen molar-refractivity contribution < 1.29 is 19.4 Å². The standard InChI is InChI=1S/C31H34N4O4S/c1-20-2-7-28(39-18-24-4-3-21(13-25(24)14-32)15-34-8-10-38-11-9-34)26(12-20)27-19-40-31(33-27)35-16-22-5-6-23(17-35)29(22)30(36)37/h2-4,7,12-13,19,22-23,29H,5-6,8-11,15-18H2,1H3,(H,36,37)/t22-,23+,29?. The van der Waals surface area contributed by atoms with Crippen LogP contribution in [0.1, 0.15) is 35.1 Å². The first-order valence-electron chi connectivity index (χ1n) is 14.0. The Morgan fingerprint density at radius 2 is 1.95 bits per heavy atom. The molecule has 3 aromatic rings. The number of nitrogens with zero attached hydrogens (tertiary/aromatic N) is 4. The van der Waals surface area contributed by atoms with Crippen LogP contribution in [0.4, 0.5) is 5.13 Å². The molecule has 2 saturated heterocycles. The van der Waals surface area contributed by atoms with Crippen molar-refractivity contribution >= 4 is 22.4 Å². The number of carbonyl (C=O) groups is 1. The second kappa shape index (κ2) is 11.6. The minimum absolute atomic E-state index is 0.191. The average molecular weight is 559 g/mol. The lowest BCUT2D eigenvalue weighted by Crippen LogP contribution is -2.44. The van der Waals surface area contributed by atoms with Gasteiger partial charge in [0.1, 0.15) is 12.4 Å². The van der Waals surface area contributed by atoms with Crippen LogP contribution in [0, 0.1) is 36.0 Å². The van der Waals surface area contributed by atoms with Crippen LogP contribution in [-0.2, 0) is 22.7 Å². The Bertz CT molecular complexity index is 1410. The maximum Gasteiger partial charge on any atom is 0.307 e. The number of morpholine rings is 1. The third kappa shape index (κ3) is 5.57. The van der Waals surface area contributed by atoms with Crippen LogP contribution in [0.15, 0.2) is 41.8 Å². The SMILES string of the molecule is Cc1ccc(OCc2ccc(CN3CCOCC3)cc2C#N)c(-c2csc(N3C[C@H]4CC[C@@H](C3)C4C(=O)O)n2)c1. The molecule has 3 fully saturated rings. The fraction of sp³-hybridized carbons (Fsp3) is 0.452. The molecule has 208 valence electrons. The van der Waals surface area contributed by atoms with Crippen LogP contribution >= 0.6 is 11.3 Å². The van der Waals surface area contributed by atoms with E-state index in [-0.39, 0.29) is 17.8 Å². The molecule has 1 aliphatic carbocycles. The molecule has 2 aliphatic heterocycles. The van der Waals surface area contributed by atoms with E-state index in [2.05, 4.69) is 40.3 Å². The summed E-state index contributed by atoms with van der Waals surface area (Å²) in [7, 11) is 0. The first-order chi connectivity index (χ1) is 19.5. The number of carboxylic acids is 1. The number of aromatic nitrogens is 1. The van der Waals surface area contributed by atoms with Gasteiger partial charge in [0.15, 0.2) is 5.13 Å². The predicted molar refractivity (Wildman–Crippen MR) is 153 cm³/mol. The number of anilines is 1. The lowest BCUT2D eigenvalue weighted by molar-refractivity contribution is -0.144. The molecular formula is C31H34N4O4S. The van der Waals surface area contributed by atoms with Crippen molar-refractivity contribution in [3.8, 4) is 23.1 Å². The minimum Gasteiger partial charge on any atom is -0.488 e. The van der Waals surface area contributed by atoms with Crippen molar-refractivity contribution in [3.63, 3.8) is 0 Å². The Hall–Kier alpha value is -3.45. The Labute approximate surface area is 238 Å². The van der Waals surface area contributed by atoms with Gasteiger partial charge in [0.25, 0.3) is 0 Å². The monoisotopic (exact) mass is 558 g/mol. The molecule has 3 heterocycles. The van der Waals surface area contributed by atoms with Crippen LogP contribution in [0.25, 0.3) is 11.3 Å². The molecule has 2 aromatic carbocycles. The van der Waals surface area contributed by atoms with Gasteiger partial charge in [-0.25, -0.2) is 4.98 Å². The molecule has 3 atom stereocenters. The zero-order chi connectivity index (χ0) is 27.6. The van der Waals surface area contributed by atoms with Gasteiger partial charge >= 0.3 is 5.97 Å². The lowest BCUT2D eigenvalue weighted by Gasteiger charge is -2.35. The Morgan fingerprint density at radius 1 is 1.18 bits per heavy atom. The van der Waals surface area contributed by atoms with E-state index >= 15 is 0 Å². The second-order valence-corrected chi connectivity index (χ2v) is 12.0. The van der Waals surface area contributed by atoms with Crippen molar-refractivity contribution in [1.29, 1.82) is 5.26 Å². The van der Waals surface area contributed by atoms with Gasteiger partial charge in [-0.15, -0.1) is 11.3 Å². The van der Waals surface area contributed by atoms with Crippen molar-refractivity contribution in [2.24, 2.45) is 17.8 Å². The predicted octanol–water partition coefficient (Wildman–Crippen LogP) is 4.95. The smallest absolute Gasteiger partial charge is 0.307 e. The number of piperidine rings is 1. The van der Waals surface area contributed by atoms with Crippen LogP contribution in [-0.4, -0.2) is 60.4 Å². The van der Waals surface area contributed by atoms with E-state index in [0.717, 1.165) is 97.6 Å². The summed E-state index contributed by atoms with van der Waals surface area (Å²) in [6, 6.07) is 14.5. The van der Waals surface area contributed by atoms with E-state index in [1.54, 1.807) is 11.3 Å². The number of fused-ring (bicyclic) bond motifs is 2. The van der Waals surface area contributed by atoms with Gasteiger partial charge < -0.3 is 19.5 Å². The molecule has 1 unspecified atom stereocenters. The molecule has 1 saturated carbocycles. The molecule has 9 heteroatoms. The van der Waals surface area contributed by atoms with Crippen LogP contribution in [0.5, 0.6) is 5.75 Å². The molecule has 1 aromatic heterocycles. The number of thiazole rings is 1. The van der Waals surface area contributed by atoms with Gasteiger partial charge in [0, 0.05) is 49.2 Å². The van der Waals surface area contributed by atoms with Crippen molar-refractivity contribution in [1.82, 2.24) is 9.88 Å². The summed E-state index contributed by atoms with van der Waals surface area (Å²) < 4.78 is 11.8. The number of hydrogen-bond donors (Lipinski definition) is 1. The van der Waals surface area contributed by atoms with E-state index in [1.807, 2.05) is 24.3 Å². The van der Waals surface area contributed by atoms with Gasteiger partial charge in [0.2, 0.25) is 0 Å². The molecule has 0 spiro atoms. The van der Waals surface area contributed by atoms with Crippen molar-refractivity contribution in [3.05, 3.63) is 64.0 Å². The Kier molecular flexibility index (Phi) is 7.74. The van der Waals surface area contributed by atoms with Gasteiger partial charge in [-0.1, -0.05) is 23.8 Å². The second-order valence-electron chi connectivity index (χ2n) is 11.2. The summed E-state index contributed by atoms with van der Waals surface area (Å²) in [4.78, 5) is 21.3. The third-order valence-electron chi connectivity index (χ3n) is 8.48. The van der Waals surface area contributed by atoms with E-state index in [1.165, 1.54) is 0 Å². The molecule has 0 radical (unpaired) electrons. The molecular weight excluding hydrogens is 524 g/mol. The van der Waals surface area contributed by atoms with Crippen LogP contribution in [0.3, 0.4) is 0 Å². The van der Waals surface area contributed by atoms with E-state index < -0.39 is 5.97 Å². The first kappa shape index (κ1) is 26.8.